The number of nitrogens with zero attached hydrogens (tertiary/aromatic N) is 3. The Balaban J connectivity index is 1.23. The van der Waals surface area contributed by atoms with E-state index in [0.29, 0.717) is 10.9 Å². The quantitative estimate of drug-likeness (QED) is 0.180. The van der Waals surface area contributed by atoms with Crippen molar-refractivity contribution in [1.82, 2.24) is 13.7 Å². The molecule has 3 nitrogen and oxygen atoms in total. The number of hydrogen-bond acceptors (Lipinski definition) is 0. The van der Waals surface area contributed by atoms with Gasteiger partial charge < -0.3 is 13.7 Å². The first-order valence-electron chi connectivity index (χ1n) is 19.2. The Bertz CT molecular complexity index is 3360. The molecular formula is C48H31N3. The van der Waals surface area contributed by atoms with Crippen LogP contribution in [-0.2, 0) is 0 Å². The van der Waals surface area contributed by atoms with E-state index in [-0.39, 0.29) is 24.2 Å². The summed E-state index contributed by atoms with van der Waals surface area (Å²) in [5.74, 6) is 0. The third kappa shape index (κ3) is 4.00. The Labute approximate surface area is 300 Å². The Hall–Kier alpha value is -6.84. The van der Waals surface area contributed by atoms with Gasteiger partial charge in [-0.1, -0.05) is 115 Å². The van der Waals surface area contributed by atoms with Crippen LogP contribution in [0.25, 0.3) is 93.6 Å². The summed E-state index contributed by atoms with van der Waals surface area (Å²) in [5.41, 5.74) is 10.7. The normalized spacial score (nSPS) is 13.0. The molecule has 0 unspecified atom stereocenters. The summed E-state index contributed by atoms with van der Waals surface area (Å²) in [5, 5.41) is 5.67. The van der Waals surface area contributed by atoms with Crippen molar-refractivity contribution in [2.75, 3.05) is 0 Å². The van der Waals surface area contributed by atoms with Gasteiger partial charge in [0.15, 0.2) is 0 Å². The van der Waals surface area contributed by atoms with Crippen LogP contribution in [0.15, 0.2) is 188 Å². The topological polar surface area (TPSA) is 14.8 Å². The lowest BCUT2D eigenvalue weighted by Gasteiger charge is -2.15. The minimum absolute atomic E-state index is 0.0385. The van der Waals surface area contributed by atoms with E-state index in [9.17, 15) is 1.37 Å². The smallest absolute Gasteiger partial charge is 0.0645 e. The van der Waals surface area contributed by atoms with Crippen molar-refractivity contribution < 1.29 is 5.48 Å². The molecule has 3 aromatic heterocycles. The van der Waals surface area contributed by atoms with E-state index in [4.69, 9.17) is 4.11 Å². The van der Waals surface area contributed by atoms with Gasteiger partial charge in [-0.3, -0.25) is 0 Å². The molecule has 3 heterocycles. The van der Waals surface area contributed by atoms with Gasteiger partial charge in [-0.2, -0.15) is 0 Å². The van der Waals surface area contributed by atoms with Crippen molar-refractivity contribution in [1.29, 1.82) is 0 Å². The van der Waals surface area contributed by atoms with Crippen molar-refractivity contribution in [2.45, 2.75) is 0 Å². The largest absolute Gasteiger partial charge is 0.309 e. The van der Waals surface area contributed by atoms with Crippen LogP contribution in [0.5, 0.6) is 0 Å². The van der Waals surface area contributed by atoms with E-state index in [1.54, 1.807) is 0 Å². The van der Waals surface area contributed by atoms with E-state index in [1.165, 1.54) is 10.8 Å². The minimum Gasteiger partial charge on any atom is -0.309 e. The molecule has 0 aliphatic carbocycles. The zero-order valence-corrected chi connectivity index (χ0v) is 27.4. The van der Waals surface area contributed by atoms with Crippen LogP contribution in [-0.4, -0.2) is 13.7 Å². The second kappa shape index (κ2) is 10.8. The Morgan fingerprint density at radius 2 is 0.882 bits per heavy atom. The summed E-state index contributed by atoms with van der Waals surface area (Å²) in [6.45, 7) is 0. The molecule has 0 N–H and O–H groups in total. The molecule has 11 rings (SSSR count). The van der Waals surface area contributed by atoms with Crippen LogP contribution in [0, 0.1) is 0 Å². The SMILES string of the molecule is [2H]c1c([2H])c([2H])c2c(c1[2H])c1c3c4ccccc4n(-c4ccccc4-c4ccc5c(c4)c4ccccc4n5-c4ccccc4)c3ccc1n2-c1ccccc1. The van der Waals surface area contributed by atoms with Gasteiger partial charge in [0.25, 0.3) is 0 Å². The van der Waals surface area contributed by atoms with Gasteiger partial charge in [0.05, 0.1) is 44.3 Å². The number of hydrogen-bond donors (Lipinski definition) is 0. The summed E-state index contributed by atoms with van der Waals surface area (Å²) in [7, 11) is 0. The molecule has 0 spiro atoms. The molecule has 0 aliphatic rings. The predicted octanol–water partition coefficient (Wildman–Crippen LogP) is 12.6. The highest BCUT2D eigenvalue weighted by molar-refractivity contribution is 6.29. The van der Waals surface area contributed by atoms with Gasteiger partial charge in [0, 0.05) is 49.3 Å². The lowest BCUT2D eigenvalue weighted by molar-refractivity contribution is 1.17. The average molecular weight is 654 g/mol. The molecule has 3 heteroatoms. The van der Waals surface area contributed by atoms with Crippen molar-refractivity contribution in [3.63, 3.8) is 0 Å². The monoisotopic (exact) mass is 653 g/mol. The van der Waals surface area contributed by atoms with Gasteiger partial charge in [-0.25, -0.2) is 0 Å². The number of para-hydroxylation sites is 6. The molecule has 0 aliphatic heterocycles. The first-order valence-corrected chi connectivity index (χ1v) is 17.2. The van der Waals surface area contributed by atoms with Crippen LogP contribution < -0.4 is 0 Å². The zero-order chi connectivity index (χ0) is 36.9. The molecule has 0 atom stereocenters. The molecule has 0 bridgehead atoms. The molecule has 51 heavy (non-hydrogen) atoms. The second-order valence-corrected chi connectivity index (χ2v) is 13.0. The molecule has 238 valence electrons. The Kier molecular flexibility index (Phi) is 5.16. The summed E-state index contributed by atoms with van der Waals surface area (Å²) < 4.78 is 42.4. The molecule has 0 radical (unpaired) electrons. The Morgan fingerprint density at radius 3 is 1.65 bits per heavy atom. The van der Waals surface area contributed by atoms with E-state index < -0.39 is 0 Å². The van der Waals surface area contributed by atoms with E-state index in [0.717, 1.165) is 71.9 Å². The van der Waals surface area contributed by atoms with Gasteiger partial charge >= 0.3 is 0 Å². The molecule has 0 saturated heterocycles. The summed E-state index contributed by atoms with van der Waals surface area (Å²) in [4.78, 5) is 0. The van der Waals surface area contributed by atoms with Gasteiger partial charge in [0.2, 0.25) is 0 Å². The minimum atomic E-state index is -0.242. The van der Waals surface area contributed by atoms with Gasteiger partial charge in [-0.05, 0) is 78.3 Å². The van der Waals surface area contributed by atoms with Crippen molar-refractivity contribution >= 4 is 65.4 Å². The van der Waals surface area contributed by atoms with Crippen LogP contribution in [0.2, 0.25) is 0 Å². The fourth-order valence-corrected chi connectivity index (χ4v) is 8.28. The van der Waals surface area contributed by atoms with Crippen LogP contribution in [0.4, 0.5) is 0 Å². The van der Waals surface area contributed by atoms with Crippen molar-refractivity contribution in [2.24, 2.45) is 0 Å². The lowest BCUT2D eigenvalue weighted by Crippen LogP contribution is -1.97. The molecule has 0 saturated carbocycles. The highest BCUT2D eigenvalue weighted by Gasteiger charge is 2.22. The zero-order valence-electron chi connectivity index (χ0n) is 31.4. The lowest BCUT2D eigenvalue weighted by atomic mass is 10.0. The molecule has 0 fully saturated rings. The fourth-order valence-electron chi connectivity index (χ4n) is 8.28. The van der Waals surface area contributed by atoms with E-state index in [2.05, 4.69) is 130 Å². The third-order valence-corrected chi connectivity index (χ3v) is 10.4. The summed E-state index contributed by atoms with van der Waals surface area (Å²) >= 11 is 0. The van der Waals surface area contributed by atoms with Crippen LogP contribution >= 0.6 is 0 Å². The van der Waals surface area contributed by atoms with E-state index >= 15 is 0 Å². The number of rotatable bonds is 4. The highest BCUT2D eigenvalue weighted by Crippen LogP contribution is 2.44. The maximum absolute atomic E-state index is 9.25. The van der Waals surface area contributed by atoms with Crippen LogP contribution in [0.3, 0.4) is 0 Å². The summed E-state index contributed by atoms with van der Waals surface area (Å²) in [6, 6.07) is 56.2. The maximum atomic E-state index is 9.25. The maximum Gasteiger partial charge on any atom is 0.0645 e. The Morgan fingerprint density at radius 1 is 0.353 bits per heavy atom. The summed E-state index contributed by atoms with van der Waals surface area (Å²) in [6.07, 6.45) is 0. The number of benzene rings is 8. The second-order valence-electron chi connectivity index (χ2n) is 13.0. The van der Waals surface area contributed by atoms with E-state index in [1.807, 2.05) is 47.0 Å². The van der Waals surface area contributed by atoms with Gasteiger partial charge in [-0.15, -0.1) is 0 Å². The predicted molar refractivity (Wildman–Crippen MR) is 215 cm³/mol. The highest BCUT2D eigenvalue weighted by atomic mass is 15.0. The number of fused-ring (bicyclic) bond motifs is 10. The van der Waals surface area contributed by atoms with Crippen LogP contribution in [0.1, 0.15) is 5.48 Å². The number of aromatic nitrogens is 3. The standard InChI is InChI=1S/C48H31N3/c1-3-15-33(16-4-1)49-41-24-12-8-20-36(41)39-31-32(27-28-44(39)49)35-19-7-11-23-40(35)51-43-26-14-10-22-38(43)48-46(51)30-29-45-47(48)37-21-9-13-25-42(37)50(45)34-17-5-2-6-18-34/h1-31H/i9D,13D,21D,25D. The van der Waals surface area contributed by atoms with Crippen molar-refractivity contribution in [3.8, 4) is 28.2 Å². The van der Waals surface area contributed by atoms with Crippen molar-refractivity contribution in [3.05, 3.63) is 188 Å². The molecule has 11 aromatic rings. The first-order chi connectivity index (χ1) is 27.0. The fraction of sp³-hybridized carbons (Fsp3) is 0. The average Bonchev–Trinajstić information content (AvgIpc) is 3.88. The third-order valence-electron chi connectivity index (χ3n) is 10.4. The molecule has 8 aromatic carbocycles. The molecular weight excluding hydrogens is 619 g/mol. The molecule has 0 amide bonds. The van der Waals surface area contributed by atoms with Gasteiger partial charge in [0.1, 0.15) is 0 Å². The first kappa shape index (κ1) is 24.3.